The molecule has 1 saturated heterocycles. The monoisotopic (exact) mass is 339 g/mol. The molecule has 1 amide bonds. The number of hydrogen-bond donors (Lipinski definition) is 1. The summed E-state index contributed by atoms with van der Waals surface area (Å²) in [6, 6.07) is 12.0. The second kappa shape index (κ2) is 8.23. The van der Waals surface area contributed by atoms with Crippen molar-refractivity contribution < 1.29 is 9.53 Å². The van der Waals surface area contributed by atoms with Gasteiger partial charge in [-0.05, 0) is 49.2 Å². The molecule has 0 radical (unpaired) electrons. The van der Waals surface area contributed by atoms with Crippen molar-refractivity contribution in [3.63, 3.8) is 0 Å². The fourth-order valence-corrected chi connectivity index (χ4v) is 3.66. The van der Waals surface area contributed by atoms with Crippen LogP contribution in [-0.2, 0) is 11.3 Å². The highest BCUT2D eigenvalue weighted by molar-refractivity contribution is 5.95. The van der Waals surface area contributed by atoms with Gasteiger partial charge in [-0.1, -0.05) is 24.3 Å². The van der Waals surface area contributed by atoms with E-state index in [-0.39, 0.29) is 5.91 Å². The lowest BCUT2D eigenvalue weighted by Gasteiger charge is -2.25. The maximum Gasteiger partial charge on any atom is 0.251 e. The Labute approximate surface area is 149 Å². The molecule has 1 aromatic heterocycles. The van der Waals surface area contributed by atoms with Crippen LogP contribution in [-0.4, -0.2) is 43.0 Å². The van der Waals surface area contributed by atoms with Gasteiger partial charge in [0, 0.05) is 37.7 Å². The van der Waals surface area contributed by atoms with Crippen LogP contribution in [0.3, 0.4) is 0 Å². The van der Waals surface area contributed by atoms with Crippen LogP contribution in [0.15, 0.2) is 48.8 Å². The fourth-order valence-electron chi connectivity index (χ4n) is 3.66. The minimum Gasteiger partial charge on any atom is -0.380 e. The van der Waals surface area contributed by atoms with E-state index in [0.717, 1.165) is 18.5 Å². The number of nitrogens with one attached hydrogen (secondary N) is 1. The van der Waals surface area contributed by atoms with Crippen LogP contribution in [0.1, 0.15) is 33.9 Å². The van der Waals surface area contributed by atoms with E-state index >= 15 is 0 Å². The molecule has 0 spiro atoms. The van der Waals surface area contributed by atoms with Crippen LogP contribution in [0.4, 0.5) is 0 Å². The number of methoxy groups -OCH3 is 1. The standard InChI is InChI=1S/C20H25N3O2/c1-23-11-9-16(19(23)15-7-5-10-21-12-15)13-22-20(24)18-8-4-3-6-17(18)14-25-2/h3-8,10,12,16,19H,9,11,13-14H2,1-2H3,(H,22,24)/t16-,19-/m0/s1. The van der Waals surface area contributed by atoms with E-state index < -0.39 is 0 Å². The molecule has 0 bridgehead atoms. The summed E-state index contributed by atoms with van der Waals surface area (Å²) in [6.45, 7) is 2.12. The lowest BCUT2D eigenvalue weighted by Crippen LogP contribution is -2.33. The highest BCUT2D eigenvalue weighted by atomic mass is 16.5. The van der Waals surface area contributed by atoms with Crippen molar-refractivity contribution in [1.29, 1.82) is 0 Å². The van der Waals surface area contributed by atoms with Crippen molar-refractivity contribution in [2.24, 2.45) is 5.92 Å². The third-order valence-electron chi connectivity index (χ3n) is 4.89. The summed E-state index contributed by atoms with van der Waals surface area (Å²) in [5.41, 5.74) is 2.81. The predicted octanol–water partition coefficient (Wildman–Crippen LogP) is 2.65. The molecule has 1 aliphatic rings. The highest BCUT2D eigenvalue weighted by Gasteiger charge is 2.33. The molecule has 132 valence electrons. The van der Waals surface area contributed by atoms with Crippen LogP contribution in [0.2, 0.25) is 0 Å². The van der Waals surface area contributed by atoms with Gasteiger partial charge in [-0.25, -0.2) is 0 Å². The number of pyridine rings is 1. The van der Waals surface area contributed by atoms with Crippen molar-refractivity contribution in [2.75, 3.05) is 27.2 Å². The first-order chi connectivity index (χ1) is 12.2. The van der Waals surface area contributed by atoms with E-state index in [9.17, 15) is 4.79 Å². The molecule has 1 fully saturated rings. The molecule has 5 heteroatoms. The first-order valence-electron chi connectivity index (χ1n) is 8.66. The number of aromatic nitrogens is 1. The Kier molecular flexibility index (Phi) is 5.79. The van der Waals surface area contributed by atoms with E-state index in [1.54, 1.807) is 13.3 Å². The van der Waals surface area contributed by atoms with Gasteiger partial charge < -0.3 is 10.1 Å². The van der Waals surface area contributed by atoms with Gasteiger partial charge in [-0.2, -0.15) is 0 Å². The SMILES string of the molecule is COCc1ccccc1C(=O)NC[C@@H]1CCN(C)[C@H]1c1cccnc1. The van der Waals surface area contributed by atoms with Crippen molar-refractivity contribution in [1.82, 2.24) is 15.2 Å². The number of ether oxygens (including phenoxy) is 1. The molecule has 2 aromatic rings. The molecule has 3 rings (SSSR count). The van der Waals surface area contributed by atoms with E-state index in [2.05, 4.69) is 28.3 Å². The summed E-state index contributed by atoms with van der Waals surface area (Å²) >= 11 is 0. The number of likely N-dealkylation sites (tertiary alicyclic amines) is 1. The third kappa shape index (κ3) is 4.06. The Morgan fingerprint density at radius 3 is 2.92 bits per heavy atom. The second-order valence-electron chi connectivity index (χ2n) is 6.56. The molecule has 0 unspecified atom stereocenters. The summed E-state index contributed by atoms with van der Waals surface area (Å²) in [5, 5.41) is 3.12. The number of carbonyl (C=O) groups excluding carboxylic acids is 1. The first-order valence-corrected chi connectivity index (χ1v) is 8.66. The molecule has 0 aliphatic carbocycles. The summed E-state index contributed by atoms with van der Waals surface area (Å²) in [7, 11) is 3.77. The van der Waals surface area contributed by atoms with Gasteiger partial charge in [-0.15, -0.1) is 0 Å². The Morgan fingerprint density at radius 1 is 1.32 bits per heavy atom. The van der Waals surface area contributed by atoms with Crippen LogP contribution >= 0.6 is 0 Å². The average Bonchev–Trinajstić information content (AvgIpc) is 3.02. The van der Waals surface area contributed by atoms with Crippen molar-refractivity contribution >= 4 is 5.91 Å². The topological polar surface area (TPSA) is 54.5 Å². The van der Waals surface area contributed by atoms with Crippen LogP contribution in [0, 0.1) is 5.92 Å². The predicted molar refractivity (Wildman–Crippen MR) is 97.2 cm³/mol. The normalized spacial score (nSPS) is 20.6. The van der Waals surface area contributed by atoms with E-state index in [0.29, 0.717) is 30.7 Å². The lowest BCUT2D eigenvalue weighted by molar-refractivity contribution is 0.0938. The zero-order valence-corrected chi connectivity index (χ0v) is 14.8. The van der Waals surface area contributed by atoms with Gasteiger partial charge >= 0.3 is 0 Å². The molecule has 25 heavy (non-hydrogen) atoms. The van der Waals surface area contributed by atoms with Crippen LogP contribution in [0.5, 0.6) is 0 Å². The number of benzene rings is 1. The largest absolute Gasteiger partial charge is 0.380 e. The Hall–Kier alpha value is -2.24. The molecular weight excluding hydrogens is 314 g/mol. The summed E-state index contributed by atoms with van der Waals surface area (Å²) < 4.78 is 5.19. The molecule has 1 aliphatic heterocycles. The highest BCUT2D eigenvalue weighted by Crippen LogP contribution is 2.35. The minimum absolute atomic E-state index is 0.0351. The van der Waals surface area contributed by atoms with Gasteiger partial charge in [0.1, 0.15) is 0 Å². The number of amides is 1. The van der Waals surface area contributed by atoms with Crippen molar-refractivity contribution in [2.45, 2.75) is 19.1 Å². The van der Waals surface area contributed by atoms with E-state index in [1.807, 2.05) is 36.5 Å². The third-order valence-corrected chi connectivity index (χ3v) is 4.89. The Bertz CT molecular complexity index is 705. The molecule has 5 nitrogen and oxygen atoms in total. The number of nitrogens with zero attached hydrogens (tertiary/aromatic N) is 2. The molecule has 0 saturated carbocycles. The van der Waals surface area contributed by atoms with Gasteiger partial charge in [0.25, 0.3) is 5.91 Å². The first kappa shape index (κ1) is 17.6. The van der Waals surface area contributed by atoms with Gasteiger partial charge in [0.2, 0.25) is 0 Å². The molecule has 2 heterocycles. The second-order valence-corrected chi connectivity index (χ2v) is 6.56. The number of carbonyl (C=O) groups is 1. The van der Waals surface area contributed by atoms with Crippen LogP contribution < -0.4 is 5.32 Å². The molecule has 1 N–H and O–H groups in total. The zero-order valence-electron chi connectivity index (χ0n) is 14.8. The minimum atomic E-state index is -0.0351. The van der Waals surface area contributed by atoms with Gasteiger partial charge in [0.15, 0.2) is 0 Å². The number of rotatable bonds is 6. The lowest BCUT2D eigenvalue weighted by atomic mass is 9.94. The fraction of sp³-hybridized carbons (Fsp3) is 0.400. The summed E-state index contributed by atoms with van der Waals surface area (Å²) in [5.74, 6) is 0.347. The summed E-state index contributed by atoms with van der Waals surface area (Å²) in [4.78, 5) is 19.2. The summed E-state index contributed by atoms with van der Waals surface area (Å²) in [6.07, 6.45) is 4.78. The molecular formula is C20H25N3O2. The molecule has 2 atom stereocenters. The molecule has 1 aromatic carbocycles. The van der Waals surface area contributed by atoms with Gasteiger partial charge in [0.05, 0.1) is 6.61 Å². The quantitative estimate of drug-likeness (QED) is 0.879. The maximum absolute atomic E-state index is 12.6. The van der Waals surface area contributed by atoms with E-state index in [4.69, 9.17) is 4.74 Å². The van der Waals surface area contributed by atoms with Crippen LogP contribution in [0.25, 0.3) is 0 Å². The number of hydrogen-bond acceptors (Lipinski definition) is 4. The zero-order chi connectivity index (χ0) is 17.6. The average molecular weight is 339 g/mol. The Morgan fingerprint density at radius 2 is 2.16 bits per heavy atom. The van der Waals surface area contributed by atoms with Gasteiger partial charge in [-0.3, -0.25) is 14.7 Å². The van der Waals surface area contributed by atoms with Crippen molar-refractivity contribution in [3.05, 3.63) is 65.5 Å². The van der Waals surface area contributed by atoms with Crippen molar-refractivity contribution in [3.8, 4) is 0 Å². The van der Waals surface area contributed by atoms with E-state index in [1.165, 1.54) is 5.56 Å². The Balaban J connectivity index is 1.67. The smallest absolute Gasteiger partial charge is 0.251 e. The maximum atomic E-state index is 12.6.